The average Bonchev–Trinajstić information content (AvgIpc) is 3.30. The van der Waals surface area contributed by atoms with Gasteiger partial charge in [0.25, 0.3) is 0 Å². The molecule has 0 N–H and O–H groups in total. The van der Waals surface area contributed by atoms with Crippen LogP contribution in [-0.2, 0) is 0 Å². The van der Waals surface area contributed by atoms with E-state index in [1.165, 1.54) is 4.80 Å². The summed E-state index contributed by atoms with van der Waals surface area (Å²) >= 11 is 5.97. The largest absolute Gasteiger partial charge is 0.255 e. The van der Waals surface area contributed by atoms with Crippen LogP contribution in [0.1, 0.15) is 0 Å². The molecular formula is C21H13ClN8. The van der Waals surface area contributed by atoms with Crippen LogP contribution in [0.25, 0.3) is 39.9 Å². The van der Waals surface area contributed by atoms with Crippen LogP contribution in [0.4, 0.5) is 0 Å². The lowest BCUT2D eigenvalue weighted by atomic mass is 10.1. The highest BCUT2D eigenvalue weighted by atomic mass is 35.5. The Hall–Kier alpha value is -4.04. The van der Waals surface area contributed by atoms with Crippen molar-refractivity contribution in [2.75, 3.05) is 0 Å². The molecule has 8 nitrogen and oxygen atoms in total. The molecule has 9 heteroatoms. The first-order chi connectivity index (χ1) is 14.8. The topological polar surface area (TPSA) is 95.2 Å². The molecule has 0 aliphatic carbocycles. The Balaban J connectivity index is 1.64. The first-order valence-corrected chi connectivity index (χ1v) is 9.42. The predicted octanol–water partition coefficient (Wildman–Crippen LogP) is 3.90. The fraction of sp³-hybridized carbons (Fsp3) is 0. The molecule has 4 heterocycles. The van der Waals surface area contributed by atoms with Crippen LogP contribution in [0.15, 0.2) is 79.1 Å². The Labute approximate surface area is 176 Å². The van der Waals surface area contributed by atoms with Crippen molar-refractivity contribution >= 4 is 11.6 Å². The molecule has 0 aliphatic rings. The standard InChI is InChI=1S/C21H13ClN8/c22-14-7-9-15(10-8-14)30-28-21(27-29-30)16-13-19(17-5-1-3-11-23-17)25-26-20(16)18-6-2-4-12-24-18/h1-13H. The van der Waals surface area contributed by atoms with E-state index in [1.54, 1.807) is 24.5 Å². The first kappa shape index (κ1) is 18.0. The molecule has 1 aromatic carbocycles. The monoisotopic (exact) mass is 412 g/mol. The summed E-state index contributed by atoms with van der Waals surface area (Å²) in [5.74, 6) is 0.401. The third-order valence-electron chi connectivity index (χ3n) is 4.34. The summed E-state index contributed by atoms with van der Waals surface area (Å²) in [7, 11) is 0. The number of hydrogen-bond acceptors (Lipinski definition) is 7. The van der Waals surface area contributed by atoms with Gasteiger partial charge in [0.15, 0.2) is 0 Å². The summed E-state index contributed by atoms with van der Waals surface area (Å²) in [5, 5.41) is 22.3. The minimum absolute atomic E-state index is 0.401. The van der Waals surface area contributed by atoms with Gasteiger partial charge in [-0.25, -0.2) is 0 Å². The highest BCUT2D eigenvalue weighted by Gasteiger charge is 2.18. The highest BCUT2D eigenvalue weighted by molar-refractivity contribution is 6.30. The maximum absolute atomic E-state index is 5.97. The normalized spacial score (nSPS) is 10.8. The molecule has 0 radical (unpaired) electrons. The van der Waals surface area contributed by atoms with E-state index in [4.69, 9.17) is 11.6 Å². The second-order valence-corrected chi connectivity index (χ2v) is 6.74. The molecule has 144 valence electrons. The van der Waals surface area contributed by atoms with Crippen molar-refractivity contribution in [3.05, 3.63) is 84.1 Å². The zero-order valence-corrected chi connectivity index (χ0v) is 16.2. The molecule has 0 saturated carbocycles. The Morgan fingerprint density at radius 1 is 0.700 bits per heavy atom. The molecule has 30 heavy (non-hydrogen) atoms. The number of benzene rings is 1. The van der Waals surface area contributed by atoms with Crippen molar-refractivity contribution in [1.82, 2.24) is 40.4 Å². The lowest BCUT2D eigenvalue weighted by molar-refractivity contribution is 0.720. The number of nitrogens with zero attached hydrogens (tertiary/aromatic N) is 8. The van der Waals surface area contributed by atoms with E-state index < -0.39 is 0 Å². The SMILES string of the molecule is Clc1ccc(-n2nnc(-c3cc(-c4ccccn4)nnc3-c3ccccn3)n2)cc1. The smallest absolute Gasteiger partial charge is 0.207 e. The van der Waals surface area contributed by atoms with Gasteiger partial charge in [-0.15, -0.1) is 25.2 Å². The van der Waals surface area contributed by atoms with Crippen molar-refractivity contribution in [2.24, 2.45) is 0 Å². The Kier molecular flexibility index (Phi) is 4.66. The predicted molar refractivity (Wildman–Crippen MR) is 112 cm³/mol. The quantitative estimate of drug-likeness (QED) is 0.441. The summed E-state index contributed by atoms with van der Waals surface area (Å²) in [6.45, 7) is 0. The molecule has 0 amide bonds. The van der Waals surface area contributed by atoms with E-state index in [-0.39, 0.29) is 0 Å². The van der Waals surface area contributed by atoms with Crippen LogP contribution in [-0.4, -0.2) is 40.4 Å². The number of rotatable bonds is 4. The summed E-state index contributed by atoms with van der Waals surface area (Å²) < 4.78 is 0. The van der Waals surface area contributed by atoms with E-state index in [9.17, 15) is 0 Å². The van der Waals surface area contributed by atoms with Crippen molar-refractivity contribution in [3.63, 3.8) is 0 Å². The van der Waals surface area contributed by atoms with Gasteiger partial charge in [-0.2, -0.15) is 0 Å². The third-order valence-corrected chi connectivity index (χ3v) is 4.59. The number of pyridine rings is 2. The van der Waals surface area contributed by atoms with Crippen LogP contribution in [0, 0.1) is 0 Å². The molecule has 0 bridgehead atoms. The minimum atomic E-state index is 0.401. The van der Waals surface area contributed by atoms with Crippen molar-refractivity contribution in [2.45, 2.75) is 0 Å². The molecule has 0 unspecified atom stereocenters. The maximum Gasteiger partial charge on any atom is 0.207 e. The minimum Gasteiger partial charge on any atom is -0.255 e. The number of aromatic nitrogens is 8. The number of tetrazole rings is 1. The van der Waals surface area contributed by atoms with Gasteiger partial charge in [-0.05, 0) is 59.8 Å². The van der Waals surface area contributed by atoms with E-state index in [2.05, 4.69) is 35.6 Å². The van der Waals surface area contributed by atoms with E-state index >= 15 is 0 Å². The Morgan fingerprint density at radius 3 is 2.13 bits per heavy atom. The van der Waals surface area contributed by atoms with Gasteiger partial charge in [0.2, 0.25) is 5.82 Å². The van der Waals surface area contributed by atoms with Crippen molar-refractivity contribution in [1.29, 1.82) is 0 Å². The molecule has 5 aromatic rings. The molecule has 5 rings (SSSR count). The molecule has 4 aromatic heterocycles. The number of halogens is 1. The van der Waals surface area contributed by atoms with Gasteiger partial charge in [-0.1, -0.05) is 23.7 Å². The van der Waals surface area contributed by atoms with Crippen molar-refractivity contribution < 1.29 is 0 Å². The van der Waals surface area contributed by atoms with Gasteiger partial charge < -0.3 is 0 Å². The third kappa shape index (κ3) is 3.51. The fourth-order valence-electron chi connectivity index (χ4n) is 2.90. The summed E-state index contributed by atoms with van der Waals surface area (Å²) in [4.78, 5) is 10.2. The van der Waals surface area contributed by atoms with E-state index in [0.717, 1.165) is 5.69 Å². The lowest BCUT2D eigenvalue weighted by Crippen LogP contribution is -2.00. The zero-order valence-electron chi connectivity index (χ0n) is 15.5. The zero-order chi connectivity index (χ0) is 20.3. The molecule has 0 spiro atoms. The molecule has 0 saturated heterocycles. The molecule has 0 fully saturated rings. The van der Waals surface area contributed by atoms with Crippen LogP contribution in [0.2, 0.25) is 5.02 Å². The maximum atomic E-state index is 5.97. The van der Waals surface area contributed by atoms with Crippen LogP contribution < -0.4 is 0 Å². The van der Waals surface area contributed by atoms with E-state index in [0.29, 0.717) is 39.2 Å². The van der Waals surface area contributed by atoms with Crippen LogP contribution in [0.5, 0.6) is 0 Å². The fourth-order valence-corrected chi connectivity index (χ4v) is 3.03. The van der Waals surface area contributed by atoms with Gasteiger partial charge in [0, 0.05) is 17.4 Å². The Morgan fingerprint density at radius 2 is 1.43 bits per heavy atom. The Bertz CT molecular complexity index is 1290. The second-order valence-electron chi connectivity index (χ2n) is 6.30. The molecule has 0 atom stereocenters. The lowest BCUT2D eigenvalue weighted by Gasteiger charge is -2.06. The van der Waals surface area contributed by atoms with E-state index in [1.807, 2.05) is 54.6 Å². The first-order valence-electron chi connectivity index (χ1n) is 9.05. The molecule has 0 aliphatic heterocycles. The summed E-state index contributed by atoms with van der Waals surface area (Å²) in [6.07, 6.45) is 3.41. The molecular weight excluding hydrogens is 400 g/mol. The highest BCUT2D eigenvalue weighted by Crippen LogP contribution is 2.29. The van der Waals surface area contributed by atoms with Crippen LogP contribution in [0.3, 0.4) is 0 Å². The van der Waals surface area contributed by atoms with Gasteiger partial charge in [0.1, 0.15) is 11.4 Å². The van der Waals surface area contributed by atoms with Crippen molar-refractivity contribution in [3.8, 4) is 39.9 Å². The number of hydrogen-bond donors (Lipinski definition) is 0. The van der Waals surface area contributed by atoms with Crippen LogP contribution >= 0.6 is 11.6 Å². The van der Waals surface area contributed by atoms with Gasteiger partial charge in [-0.3, -0.25) is 9.97 Å². The average molecular weight is 413 g/mol. The summed E-state index contributed by atoms with van der Waals surface area (Å²) in [5.41, 5.74) is 3.92. The second kappa shape index (κ2) is 7.76. The van der Waals surface area contributed by atoms with Gasteiger partial charge in [0.05, 0.1) is 22.6 Å². The summed E-state index contributed by atoms with van der Waals surface area (Å²) in [6, 6.07) is 20.2. The van der Waals surface area contributed by atoms with Gasteiger partial charge >= 0.3 is 0 Å².